The van der Waals surface area contributed by atoms with Crippen molar-refractivity contribution in [1.29, 1.82) is 0 Å². The number of likely N-dealkylation sites (tertiary alicyclic amines) is 1. The number of halogens is 1. The summed E-state index contributed by atoms with van der Waals surface area (Å²) in [5, 5.41) is 2.61. The van der Waals surface area contributed by atoms with E-state index in [1.807, 2.05) is 0 Å². The topological polar surface area (TPSA) is 63.7 Å². The summed E-state index contributed by atoms with van der Waals surface area (Å²) >= 11 is 0. The maximum absolute atomic E-state index is 14.1. The highest BCUT2D eigenvalue weighted by Gasteiger charge is 2.36. The zero-order valence-corrected chi connectivity index (χ0v) is 11.7. The van der Waals surface area contributed by atoms with E-state index in [0.717, 1.165) is 0 Å². The summed E-state index contributed by atoms with van der Waals surface area (Å²) in [5.41, 5.74) is -0.00374. The number of nitrogens with zero attached hydrogens (tertiary/aromatic N) is 2. The number of ether oxygens (including phenoxy) is 2. The summed E-state index contributed by atoms with van der Waals surface area (Å²) in [6, 6.07) is 1.38. The average Bonchev–Trinajstić information content (AvgIpc) is 2.90. The highest BCUT2D eigenvalue weighted by atomic mass is 19.1. The van der Waals surface area contributed by atoms with Gasteiger partial charge in [0.2, 0.25) is 0 Å². The van der Waals surface area contributed by atoms with Crippen LogP contribution >= 0.6 is 0 Å². The fourth-order valence-electron chi connectivity index (χ4n) is 2.32. The van der Waals surface area contributed by atoms with Crippen LogP contribution < -0.4 is 5.32 Å². The Kier molecular flexibility index (Phi) is 4.51. The quantitative estimate of drug-likeness (QED) is 0.883. The SMILES string of the molecule is CNc1nccc(C(=O)N2CC(OC)C(OC)C2)c1F. The van der Waals surface area contributed by atoms with Crippen LogP contribution in [0.25, 0.3) is 0 Å². The molecule has 1 fully saturated rings. The van der Waals surface area contributed by atoms with Crippen molar-refractivity contribution in [2.24, 2.45) is 0 Å². The van der Waals surface area contributed by atoms with Crippen LogP contribution in [0.5, 0.6) is 0 Å². The van der Waals surface area contributed by atoms with Crippen molar-refractivity contribution >= 4 is 11.7 Å². The van der Waals surface area contributed by atoms with E-state index < -0.39 is 5.82 Å². The van der Waals surface area contributed by atoms with Gasteiger partial charge in [0.1, 0.15) is 12.2 Å². The summed E-state index contributed by atoms with van der Waals surface area (Å²) in [6.07, 6.45) is 1.01. The number of nitrogens with one attached hydrogen (secondary N) is 1. The second kappa shape index (κ2) is 6.15. The molecule has 1 amide bonds. The van der Waals surface area contributed by atoms with Crippen LogP contribution in [0.3, 0.4) is 0 Å². The number of aromatic nitrogens is 1. The van der Waals surface area contributed by atoms with Gasteiger partial charge in [-0.15, -0.1) is 0 Å². The molecule has 0 aliphatic carbocycles. The Morgan fingerprint density at radius 3 is 2.50 bits per heavy atom. The van der Waals surface area contributed by atoms with Crippen LogP contribution in [-0.2, 0) is 9.47 Å². The number of carbonyl (C=O) groups excluding carboxylic acids is 1. The number of rotatable bonds is 4. The zero-order valence-electron chi connectivity index (χ0n) is 11.7. The molecule has 0 spiro atoms. The molecular formula is C13H18FN3O3. The van der Waals surface area contributed by atoms with E-state index in [2.05, 4.69) is 10.3 Å². The number of amides is 1. The second-order valence-electron chi connectivity index (χ2n) is 4.53. The van der Waals surface area contributed by atoms with E-state index in [0.29, 0.717) is 13.1 Å². The van der Waals surface area contributed by atoms with E-state index >= 15 is 0 Å². The summed E-state index contributed by atoms with van der Waals surface area (Å²) in [6.45, 7) is 0.759. The normalized spacial score (nSPS) is 22.1. The Morgan fingerprint density at radius 2 is 2.00 bits per heavy atom. The predicted molar refractivity (Wildman–Crippen MR) is 71.2 cm³/mol. The minimum atomic E-state index is -0.644. The molecule has 1 aliphatic rings. The van der Waals surface area contributed by atoms with Crippen LogP contribution in [0.1, 0.15) is 10.4 Å². The Balaban J connectivity index is 2.21. The van der Waals surface area contributed by atoms with Crippen molar-refractivity contribution < 1.29 is 18.7 Å². The van der Waals surface area contributed by atoms with Crippen LogP contribution in [0.15, 0.2) is 12.3 Å². The second-order valence-corrected chi connectivity index (χ2v) is 4.53. The van der Waals surface area contributed by atoms with Gasteiger partial charge in [0.05, 0.1) is 5.56 Å². The molecule has 1 aromatic rings. The van der Waals surface area contributed by atoms with E-state index in [1.54, 1.807) is 21.3 Å². The fourth-order valence-corrected chi connectivity index (χ4v) is 2.32. The van der Waals surface area contributed by atoms with Gasteiger partial charge in [-0.3, -0.25) is 4.79 Å². The molecule has 20 heavy (non-hydrogen) atoms. The molecule has 2 unspecified atom stereocenters. The monoisotopic (exact) mass is 283 g/mol. The van der Waals surface area contributed by atoms with Gasteiger partial charge in [-0.1, -0.05) is 0 Å². The van der Waals surface area contributed by atoms with Gasteiger partial charge in [0.15, 0.2) is 11.6 Å². The van der Waals surface area contributed by atoms with Gasteiger partial charge in [-0.25, -0.2) is 9.37 Å². The minimum absolute atomic E-state index is 0.00374. The molecule has 2 rings (SSSR count). The predicted octanol–water partition coefficient (Wildman–Crippen LogP) is 0.748. The Bertz CT molecular complexity index is 486. The van der Waals surface area contributed by atoms with Crippen molar-refractivity contribution in [3.05, 3.63) is 23.6 Å². The molecule has 1 aromatic heterocycles. The molecule has 1 N–H and O–H groups in total. The van der Waals surface area contributed by atoms with Gasteiger partial charge in [-0.2, -0.15) is 0 Å². The number of carbonyl (C=O) groups is 1. The molecule has 0 radical (unpaired) electrons. The molecule has 2 atom stereocenters. The van der Waals surface area contributed by atoms with Crippen LogP contribution in [-0.4, -0.2) is 62.4 Å². The Morgan fingerprint density at radius 1 is 1.40 bits per heavy atom. The van der Waals surface area contributed by atoms with Crippen LogP contribution in [0.2, 0.25) is 0 Å². The number of hydrogen-bond donors (Lipinski definition) is 1. The molecule has 1 aliphatic heterocycles. The van der Waals surface area contributed by atoms with Gasteiger partial charge >= 0.3 is 0 Å². The third-order valence-corrected chi connectivity index (χ3v) is 3.46. The third kappa shape index (κ3) is 2.59. The van der Waals surface area contributed by atoms with E-state index in [-0.39, 0.29) is 29.5 Å². The smallest absolute Gasteiger partial charge is 0.257 e. The Labute approximate surface area is 116 Å². The summed E-state index contributed by atoms with van der Waals surface area (Å²) < 4.78 is 24.6. The first-order chi connectivity index (χ1) is 9.62. The maximum Gasteiger partial charge on any atom is 0.257 e. The van der Waals surface area contributed by atoms with Crippen molar-refractivity contribution in [3.63, 3.8) is 0 Å². The standard InChI is InChI=1S/C13H18FN3O3/c1-15-12-11(14)8(4-5-16-12)13(18)17-6-9(19-2)10(7-17)20-3/h4-5,9-10H,6-7H2,1-3H3,(H,15,16). The van der Waals surface area contributed by atoms with E-state index in [9.17, 15) is 9.18 Å². The summed E-state index contributed by atoms with van der Waals surface area (Å²) in [5.74, 6) is -0.973. The molecule has 2 heterocycles. The first-order valence-electron chi connectivity index (χ1n) is 6.29. The minimum Gasteiger partial charge on any atom is -0.377 e. The van der Waals surface area contributed by atoms with E-state index in [4.69, 9.17) is 9.47 Å². The molecule has 0 bridgehead atoms. The lowest BCUT2D eigenvalue weighted by Crippen LogP contribution is -2.31. The molecule has 6 nitrogen and oxygen atoms in total. The van der Waals surface area contributed by atoms with Crippen molar-refractivity contribution in [2.45, 2.75) is 12.2 Å². The van der Waals surface area contributed by atoms with Gasteiger partial charge in [0.25, 0.3) is 5.91 Å². The van der Waals surface area contributed by atoms with Crippen molar-refractivity contribution in [3.8, 4) is 0 Å². The number of methoxy groups -OCH3 is 2. The van der Waals surface area contributed by atoms with Crippen LogP contribution in [0.4, 0.5) is 10.2 Å². The maximum atomic E-state index is 14.1. The average molecular weight is 283 g/mol. The summed E-state index contributed by atoms with van der Waals surface area (Å²) in [7, 11) is 4.69. The lowest BCUT2D eigenvalue weighted by Gasteiger charge is -2.16. The number of anilines is 1. The van der Waals surface area contributed by atoms with Gasteiger partial charge in [-0.05, 0) is 6.07 Å². The highest BCUT2D eigenvalue weighted by molar-refractivity contribution is 5.95. The molecular weight excluding hydrogens is 265 g/mol. The van der Waals surface area contributed by atoms with E-state index in [1.165, 1.54) is 17.2 Å². The van der Waals surface area contributed by atoms with Crippen LogP contribution in [0, 0.1) is 5.82 Å². The third-order valence-electron chi connectivity index (χ3n) is 3.46. The lowest BCUT2D eigenvalue weighted by molar-refractivity contribution is -0.00461. The summed E-state index contributed by atoms with van der Waals surface area (Å²) in [4.78, 5) is 17.7. The Hall–Kier alpha value is -1.73. The first-order valence-corrected chi connectivity index (χ1v) is 6.29. The molecule has 1 saturated heterocycles. The van der Waals surface area contributed by atoms with Crippen molar-refractivity contribution in [2.75, 3.05) is 39.7 Å². The molecule has 0 saturated carbocycles. The fraction of sp³-hybridized carbons (Fsp3) is 0.538. The largest absolute Gasteiger partial charge is 0.377 e. The highest BCUT2D eigenvalue weighted by Crippen LogP contribution is 2.21. The number of hydrogen-bond acceptors (Lipinski definition) is 5. The zero-order chi connectivity index (χ0) is 14.7. The van der Waals surface area contributed by atoms with Crippen molar-refractivity contribution in [1.82, 2.24) is 9.88 Å². The van der Waals surface area contributed by atoms with Gasteiger partial charge in [0, 0.05) is 40.6 Å². The molecule has 0 aromatic carbocycles. The van der Waals surface area contributed by atoms with Gasteiger partial charge < -0.3 is 19.7 Å². The first kappa shape index (κ1) is 14.7. The number of pyridine rings is 1. The molecule has 110 valence electrons. The molecule has 7 heteroatoms. The lowest BCUT2D eigenvalue weighted by atomic mass is 10.2.